The van der Waals surface area contributed by atoms with Gasteiger partial charge >= 0.3 is 6.18 Å². The third-order valence-electron chi connectivity index (χ3n) is 4.72. The summed E-state index contributed by atoms with van der Waals surface area (Å²) in [6, 6.07) is 10.5. The first-order valence-corrected chi connectivity index (χ1v) is 9.11. The fraction of sp³-hybridized carbons (Fsp3) is 0.0455. The largest absolute Gasteiger partial charge is 0.416 e. The molecule has 148 valence electrons. The highest BCUT2D eigenvalue weighted by molar-refractivity contribution is 5.87. The zero-order valence-electron chi connectivity index (χ0n) is 15.4. The molecule has 0 unspecified atom stereocenters. The molecular weight excluding hydrogens is 391 g/mol. The number of rotatable bonds is 4. The molecule has 0 aliphatic heterocycles. The number of benzene rings is 1. The number of alkyl halides is 3. The Morgan fingerprint density at radius 3 is 2.43 bits per heavy atom. The normalized spacial score (nSPS) is 13.2. The van der Waals surface area contributed by atoms with Crippen LogP contribution in [-0.2, 0) is 6.18 Å². The molecule has 0 spiro atoms. The second-order valence-electron chi connectivity index (χ2n) is 6.71. The smallest absolute Gasteiger partial charge is 0.339 e. The Bertz CT molecular complexity index is 1300. The summed E-state index contributed by atoms with van der Waals surface area (Å²) in [6.07, 6.45) is 6.58. The maximum Gasteiger partial charge on any atom is 0.416 e. The summed E-state index contributed by atoms with van der Waals surface area (Å²) in [5.41, 5.74) is 3.75. The van der Waals surface area contributed by atoms with Gasteiger partial charge in [0.2, 0.25) is 0 Å². The second kappa shape index (κ2) is 6.84. The lowest BCUT2D eigenvalue weighted by molar-refractivity contribution is -0.137. The lowest BCUT2D eigenvalue weighted by Gasteiger charge is -2.11. The number of hydrogen-bond donors (Lipinski definition) is 1. The van der Waals surface area contributed by atoms with Crippen molar-refractivity contribution in [2.75, 3.05) is 5.32 Å². The molecule has 0 saturated heterocycles. The van der Waals surface area contributed by atoms with E-state index in [9.17, 15) is 13.2 Å². The van der Waals surface area contributed by atoms with Crippen molar-refractivity contribution in [1.29, 1.82) is 0 Å². The van der Waals surface area contributed by atoms with E-state index in [2.05, 4.69) is 15.3 Å². The van der Waals surface area contributed by atoms with Crippen LogP contribution in [0.25, 0.3) is 22.6 Å². The Morgan fingerprint density at radius 1 is 0.933 bits per heavy atom. The average Bonchev–Trinajstić information content (AvgIpc) is 3.05. The molecule has 0 amide bonds. The summed E-state index contributed by atoms with van der Waals surface area (Å²) < 4.78 is 40.2. The molecule has 0 saturated carbocycles. The minimum absolute atomic E-state index is 0.419. The number of nitrogens with one attached hydrogen (secondary N) is 1. The third-order valence-corrected chi connectivity index (χ3v) is 4.72. The van der Waals surface area contributed by atoms with Crippen molar-refractivity contribution >= 4 is 22.7 Å². The summed E-state index contributed by atoms with van der Waals surface area (Å²) >= 11 is 0. The molecule has 1 N–H and O–H groups in total. The van der Waals surface area contributed by atoms with Crippen molar-refractivity contribution in [1.82, 2.24) is 19.4 Å². The minimum atomic E-state index is -4.37. The number of anilines is 2. The number of aromatic nitrogens is 4. The molecule has 0 fully saturated rings. The first-order valence-electron chi connectivity index (χ1n) is 9.11. The van der Waals surface area contributed by atoms with Crippen molar-refractivity contribution < 1.29 is 13.2 Å². The Morgan fingerprint density at radius 2 is 1.73 bits per heavy atom. The van der Waals surface area contributed by atoms with Crippen LogP contribution < -0.4 is 5.32 Å². The summed E-state index contributed by atoms with van der Waals surface area (Å²) in [7, 11) is 0. The van der Waals surface area contributed by atoms with Gasteiger partial charge in [0.25, 0.3) is 0 Å². The van der Waals surface area contributed by atoms with Gasteiger partial charge in [-0.15, -0.1) is 0 Å². The summed E-state index contributed by atoms with van der Waals surface area (Å²) in [6.45, 7) is 0. The molecule has 5 nitrogen and oxygen atoms in total. The molecule has 1 aromatic carbocycles. The lowest BCUT2D eigenvalue weighted by atomic mass is 10.0. The van der Waals surface area contributed by atoms with Gasteiger partial charge in [-0.3, -0.25) is 9.38 Å². The van der Waals surface area contributed by atoms with Crippen molar-refractivity contribution in [3.63, 3.8) is 0 Å². The highest BCUT2D eigenvalue weighted by atomic mass is 19.4. The number of allylic oxidation sites excluding steroid dienone is 4. The molecule has 1 aliphatic rings. The maximum absolute atomic E-state index is 12.8. The van der Waals surface area contributed by atoms with Gasteiger partial charge in [0.15, 0.2) is 0 Å². The quantitative estimate of drug-likeness (QED) is 0.487. The summed E-state index contributed by atoms with van der Waals surface area (Å²) in [4.78, 5) is 13.6. The van der Waals surface area contributed by atoms with E-state index in [0.717, 1.165) is 34.7 Å². The molecular formula is C22H14F3N5. The van der Waals surface area contributed by atoms with E-state index in [1.54, 1.807) is 6.20 Å². The molecule has 0 bridgehead atoms. The zero-order chi connectivity index (χ0) is 20.7. The van der Waals surface area contributed by atoms with E-state index >= 15 is 0 Å². The number of hydrogen-bond acceptors (Lipinski definition) is 4. The van der Waals surface area contributed by atoms with Gasteiger partial charge in [-0.05, 0) is 36.4 Å². The van der Waals surface area contributed by atoms with Crippen molar-refractivity contribution in [2.45, 2.75) is 6.18 Å². The van der Waals surface area contributed by atoms with Gasteiger partial charge < -0.3 is 5.32 Å². The molecule has 1 aliphatic carbocycles. The number of fused-ring (bicyclic) bond motifs is 1. The van der Waals surface area contributed by atoms with Crippen LogP contribution in [0.1, 0.15) is 11.3 Å². The average molecular weight is 405 g/mol. The first kappa shape index (κ1) is 18.1. The fourth-order valence-electron chi connectivity index (χ4n) is 3.22. The van der Waals surface area contributed by atoms with E-state index in [1.807, 2.05) is 47.0 Å². The van der Waals surface area contributed by atoms with Crippen LogP contribution in [0.2, 0.25) is 0 Å². The van der Waals surface area contributed by atoms with Gasteiger partial charge in [-0.2, -0.15) is 13.2 Å². The van der Waals surface area contributed by atoms with Crippen LogP contribution in [0.5, 0.6) is 0 Å². The number of halogens is 3. The molecule has 3 heterocycles. The topological polar surface area (TPSA) is 55.1 Å². The monoisotopic (exact) mass is 405 g/mol. The van der Waals surface area contributed by atoms with Gasteiger partial charge in [-0.25, -0.2) is 9.97 Å². The molecule has 0 atom stereocenters. The van der Waals surface area contributed by atoms with Crippen LogP contribution in [0.15, 0.2) is 79.3 Å². The van der Waals surface area contributed by atoms with E-state index in [0.29, 0.717) is 17.2 Å². The fourth-order valence-corrected chi connectivity index (χ4v) is 3.22. The third kappa shape index (κ3) is 3.22. The van der Waals surface area contributed by atoms with Gasteiger partial charge in [0.1, 0.15) is 22.9 Å². The minimum Gasteiger partial charge on any atom is -0.339 e. The Labute approximate surface area is 169 Å². The number of pyridine rings is 1. The van der Waals surface area contributed by atoms with E-state index < -0.39 is 11.7 Å². The molecule has 4 aromatic rings. The predicted molar refractivity (Wildman–Crippen MR) is 108 cm³/mol. The molecule has 0 radical (unpaired) electrons. The zero-order valence-corrected chi connectivity index (χ0v) is 15.4. The van der Waals surface area contributed by atoms with E-state index in [-0.39, 0.29) is 0 Å². The Kier molecular flexibility index (Phi) is 4.13. The predicted octanol–water partition coefficient (Wildman–Crippen LogP) is 5.51. The maximum atomic E-state index is 12.8. The Hall–Kier alpha value is -3.94. The van der Waals surface area contributed by atoms with Crippen molar-refractivity contribution in [2.24, 2.45) is 0 Å². The molecule has 30 heavy (non-hydrogen) atoms. The van der Waals surface area contributed by atoms with Gasteiger partial charge in [-0.1, -0.05) is 24.3 Å². The van der Waals surface area contributed by atoms with Crippen LogP contribution in [-0.4, -0.2) is 19.4 Å². The number of nitrogens with zero attached hydrogens (tertiary/aromatic N) is 4. The van der Waals surface area contributed by atoms with E-state index in [4.69, 9.17) is 4.98 Å². The Balaban J connectivity index is 1.52. The second-order valence-corrected chi connectivity index (χ2v) is 6.71. The summed E-state index contributed by atoms with van der Waals surface area (Å²) in [5.74, 6) is 0.419. The van der Waals surface area contributed by atoms with Crippen molar-refractivity contribution in [3.05, 3.63) is 90.5 Å². The summed E-state index contributed by atoms with van der Waals surface area (Å²) in [5, 5.41) is 3.01. The highest BCUT2D eigenvalue weighted by Crippen LogP contribution is 2.33. The standard InChI is InChI=1S/C22H14F3N5/c23-22(24,25)15-7-9-16(10-8-15)27-18-13-26-12-17(28-18)21-20(14-4-3-5-14)29-19-6-1-2-11-30(19)21/h1-13H,(H,27,28). The molecule has 3 aromatic heterocycles. The van der Waals surface area contributed by atoms with E-state index in [1.165, 1.54) is 18.3 Å². The van der Waals surface area contributed by atoms with Crippen LogP contribution in [0, 0.1) is 0 Å². The lowest BCUT2D eigenvalue weighted by Crippen LogP contribution is -2.04. The van der Waals surface area contributed by atoms with Crippen LogP contribution in [0.3, 0.4) is 0 Å². The SMILES string of the molecule is FC(F)(F)c1ccc(Nc2cncc(-c3c(C4=CC=C4)nc4ccccn34)n2)cc1. The highest BCUT2D eigenvalue weighted by Gasteiger charge is 2.30. The van der Waals surface area contributed by atoms with Crippen LogP contribution >= 0.6 is 0 Å². The van der Waals surface area contributed by atoms with Gasteiger partial charge in [0, 0.05) is 17.5 Å². The number of imidazole rings is 1. The first-order chi connectivity index (χ1) is 14.5. The van der Waals surface area contributed by atoms with Gasteiger partial charge in [0.05, 0.1) is 23.7 Å². The van der Waals surface area contributed by atoms with Crippen molar-refractivity contribution in [3.8, 4) is 11.4 Å². The van der Waals surface area contributed by atoms with Crippen LogP contribution in [0.4, 0.5) is 24.7 Å². The molecule has 5 rings (SSSR count). The molecule has 8 heteroatoms.